The monoisotopic (exact) mass is 406 g/mol. The van der Waals surface area contributed by atoms with E-state index in [-0.39, 0.29) is 0 Å². The van der Waals surface area contributed by atoms with Crippen molar-refractivity contribution in [1.29, 1.82) is 0 Å². The van der Waals surface area contributed by atoms with Crippen LogP contribution in [0.25, 0.3) is 16.0 Å². The number of tetrazole rings is 1. The average Bonchev–Trinajstić information content (AvgIpc) is 3.38. The average molecular weight is 407 g/mol. The number of nitrogens with one attached hydrogen (secondary N) is 1. The molecule has 5 heterocycles. The van der Waals surface area contributed by atoms with Gasteiger partial charge in [-0.15, -0.1) is 11.3 Å². The summed E-state index contributed by atoms with van der Waals surface area (Å²) in [6.45, 7) is 5.45. The Balaban J connectivity index is 1.43. The molecular weight excluding hydrogens is 382 g/mol. The summed E-state index contributed by atoms with van der Waals surface area (Å²) in [6, 6.07) is 10.8. The number of piperidine rings is 1. The van der Waals surface area contributed by atoms with Crippen molar-refractivity contribution in [3.63, 3.8) is 0 Å². The molecule has 0 amide bonds. The molecule has 1 saturated heterocycles. The second kappa shape index (κ2) is 7.03. The summed E-state index contributed by atoms with van der Waals surface area (Å²) in [5, 5.41) is 13.6. The van der Waals surface area contributed by atoms with E-state index in [4.69, 9.17) is 4.98 Å². The zero-order chi connectivity index (χ0) is 19.2. The van der Waals surface area contributed by atoms with Gasteiger partial charge in [0.25, 0.3) is 5.78 Å². The van der Waals surface area contributed by atoms with Crippen molar-refractivity contribution < 1.29 is 4.90 Å². The van der Waals surface area contributed by atoms with Gasteiger partial charge in [-0.2, -0.15) is 9.50 Å². The van der Waals surface area contributed by atoms with Crippen molar-refractivity contribution in [2.75, 3.05) is 24.5 Å². The zero-order valence-electron chi connectivity index (χ0n) is 16.3. The molecule has 148 valence electrons. The van der Waals surface area contributed by atoms with Gasteiger partial charge in [0.15, 0.2) is 0 Å². The van der Waals surface area contributed by atoms with E-state index in [1.165, 1.54) is 40.7 Å². The van der Waals surface area contributed by atoms with Crippen LogP contribution < -0.4 is 9.80 Å². The van der Waals surface area contributed by atoms with Crippen LogP contribution in [0, 0.1) is 0 Å². The number of benzene rings is 1. The lowest BCUT2D eigenvalue weighted by atomic mass is 10.0. The molecule has 0 bridgehead atoms. The fraction of sp³-hybridized carbons (Fsp3) is 0.429. The Morgan fingerprint density at radius 2 is 1.93 bits per heavy atom. The van der Waals surface area contributed by atoms with Crippen LogP contribution in [-0.4, -0.2) is 44.7 Å². The maximum absolute atomic E-state index is 4.91. The van der Waals surface area contributed by atoms with Gasteiger partial charge in [-0.1, -0.05) is 35.4 Å². The lowest BCUT2D eigenvalue weighted by Crippen LogP contribution is -3.10. The smallest absolute Gasteiger partial charge is 0.276 e. The number of anilines is 1. The Labute approximate surface area is 173 Å². The minimum atomic E-state index is 0.616. The fourth-order valence-electron chi connectivity index (χ4n) is 4.81. The van der Waals surface area contributed by atoms with Crippen LogP contribution in [0.4, 0.5) is 5.82 Å². The summed E-state index contributed by atoms with van der Waals surface area (Å²) in [4.78, 5) is 11.6. The topological polar surface area (TPSA) is 63.7 Å². The molecule has 1 aromatic carbocycles. The van der Waals surface area contributed by atoms with Gasteiger partial charge in [0, 0.05) is 25.1 Å². The number of nitrogens with zero attached hydrogens (tertiary/aromatic N) is 6. The molecule has 1 atom stereocenters. The molecule has 2 aliphatic heterocycles. The molecule has 6 rings (SSSR count). The second-order valence-electron chi connectivity index (χ2n) is 8.15. The molecule has 29 heavy (non-hydrogen) atoms. The Kier molecular flexibility index (Phi) is 4.19. The van der Waals surface area contributed by atoms with Gasteiger partial charge in [-0.25, -0.2) is 0 Å². The van der Waals surface area contributed by atoms with Crippen molar-refractivity contribution >= 4 is 33.1 Å². The highest BCUT2D eigenvalue weighted by atomic mass is 32.1. The van der Waals surface area contributed by atoms with Gasteiger partial charge >= 0.3 is 0 Å². The summed E-state index contributed by atoms with van der Waals surface area (Å²) < 4.78 is 1.84. The number of hydrogen-bond donors (Lipinski definition) is 1. The van der Waals surface area contributed by atoms with E-state index in [2.05, 4.69) is 50.8 Å². The molecular formula is C21H24N7S+. The zero-order valence-corrected chi connectivity index (χ0v) is 17.2. The quantitative estimate of drug-likeness (QED) is 0.563. The molecule has 0 radical (unpaired) electrons. The van der Waals surface area contributed by atoms with Crippen LogP contribution >= 0.6 is 11.3 Å². The van der Waals surface area contributed by atoms with E-state index >= 15 is 0 Å². The van der Waals surface area contributed by atoms with Crippen molar-refractivity contribution in [3.8, 4) is 0 Å². The first-order valence-corrected chi connectivity index (χ1v) is 11.3. The molecule has 1 fully saturated rings. The van der Waals surface area contributed by atoms with E-state index in [1.807, 2.05) is 15.9 Å². The van der Waals surface area contributed by atoms with E-state index in [1.54, 1.807) is 4.90 Å². The number of aromatic nitrogens is 5. The second-order valence-corrected chi connectivity index (χ2v) is 9.23. The Bertz CT molecular complexity index is 1160. The van der Waals surface area contributed by atoms with Crippen LogP contribution in [0.15, 0.2) is 30.3 Å². The minimum absolute atomic E-state index is 0.616. The molecule has 7 nitrogen and oxygen atoms in total. The van der Waals surface area contributed by atoms with Gasteiger partial charge in [0.2, 0.25) is 0 Å². The van der Waals surface area contributed by atoms with Gasteiger partial charge in [-0.05, 0) is 35.3 Å². The summed E-state index contributed by atoms with van der Waals surface area (Å²) in [5.74, 6) is 1.72. The van der Waals surface area contributed by atoms with Crippen molar-refractivity contribution in [2.24, 2.45) is 0 Å². The highest BCUT2D eigenvalue weighted by Gasteiger charge is 2.29. The largest absolute Gasteiger partial charge is 0.356 e. The Hall–Kier alpha value is -2.58. The van der Waals surface area contributed by atoms with Crippen LogP contribution in [0.3, 0.4) is 0 Å². The maximum Gasteiger partial charge on any atom is 0.276 e. The van der Waals surface area contributed by atoms with Crippen molar-refractivity contribution in [3.05, 3.63) is 46.3 Å². The van der Waals surface area contributed by atoms with Gasteiger partial charge in [-0.3, -0.25) is 0 Å². The summed E-state index contributed by atoms with van der Waals surface area (Å²) in [6.07, 6.45) is 4.88. The number of rotatable bonds is 3. The summed E-state index contributed by atoms with van der Waals surface area (Å²) >= 11 is 1.86. The van der Waals surface area contributed by atoms with Crippen molar-refractivity contribution in [2.45, 2.75) is 38.8 Å². The fourth-order valence-corrected chi connectivity index (χ4v) is 6.16. The van der Waals surface area contributed by atoms with Crippen LogP contribution in [-0.2, 0) is 19.5 Å². The minimum Gasteiger partial charge on any atom is -0.356 e. The molecule has 0 saturated carbocycles. The molecule has 1 N–H and O–H groups in total. The number of thiophene rings is 1. The molecule has 8 heteroatoms. The van der Waals surface area contributed by atoms with Crippen LogP contribution in [0.1, 0.15) is 35.3 Å². The van der Waals surface area contributed by atoms with Gasteiger partial charge in [0.05, 0.1) is 16.8 Å². The van der Waals surface area contributed by atoms with Gasteiger partial charge < -0.3 is 9.80 Å². The highest BCUT2D eigenvalue weighted by Crippen LogP contribution is 2.38. The molecule has 3 aromatic heterocycles. The Morgan fingerprint density at radius 3 is 2.79 bits per heavy atom. The lowest BCUT2D eigenvalue weighted by Gasteiger charge is -2.29. The Morgan fingerprint density at radius 1 is 1.07 bits per heavy atom. The number of fused-ring (bicyclic) bond motifs is 5. The van der Waals surface area contributed by atoms with E-state index in [0.29, 0.717) is 5.78 Å². The third-order valence-electron chi connectivity index (χ3n) is 6.24. The first-order valence-electron chi connectivity index (χ1n) is 10.5. The lowest BCUT2D eigenvalue weighted by molar-refractivity contribution is -0.929. The molecule has 0 aliphatic carbocycles. The first kappa shape index (κ1) is 17.3. The third kappa shape index (κ3) is 2.98. The van der Waals surface area contributed by atoms with Crippen LogP contribution in [0.5, 0.6) is 0 Å². The van der Waals surface area contributed by atoms with E-state index in [0.717, 1.165) is 49.8 Å². The normalized spacial score (nSPS) is 19.7. The standard InChI is InChI=1S/C21H23N7S/c1-3-7-15(8-4-1)13-26-12-9-16-17(14-26)29-20-18(16)19(27-10-5-2-6-11-27)22-21-23-24-25-28(20)21/h1,3-4,7-8H,2,5-6,9-14H2/p+1. The summed E-state index contributed by atoms with van der Waals surface area (Å²) in [5.41, 5.74) is 2.89. The third-order valence-corrected chi connectivity index (χ3v) is 7.45. The first-order chi connectivity index (χ1) is 14.4. The maximum atomic E-state index is 4.91. The number of quaternary nitrogens is 1. The van der Waals surface area contributed by atoms with Crippen LogP contribution in [0.2, 0.25) is 0 Å². The highest BCUT2D eigenvalue weighted by molar-refractivity contribution is 7.19. The molecule has 0 spiro atoms. The van der Waals surface area contributed by atoms with E-state index in [9.17, 15) is 0 Å². The summed E-state index contributed by atoms with van der Waals surface area (Å²) in [7, 11) is 0. The SMILES string of the molecule is c1ccc(C[NH+]2CCc3c(sc4c3c(N3CCCCC3)nc3nnnn34)C2)cc1. The predicted molar refractivity (Wildman–Crippen MR) is 113 cm³/mol. The molecule has 4 aromatic rings. The number of hydrogen-bond acceptors (Lipinski definition) is 6. The van der Waals surface area contributed by atoms with Crippen molar-refractivity contribution in [1.82, 2.24) is 25.0 Å². The van der Waals surface area contributed by atoms with Gasteiger partial charge in [0.1, 0.15) is 23.7 Å². The molecule has 2 aliphatic rings. The predicted octanol–water partition coefficient (Wildman–Crippen LogP) is 1.87. The van der Waals surface area contributed by atoms with E-state index < -0.39 is 0 Å². The molecule has 1 unspecified atom stereocenters.